The summed E-state index contributed by atoms with van der Waals surface area (Å²) in [5, 5.41) is 0. The van der Waals surface area contributed by atoms with E-state index in [4.69, 9.17) is 17.2 Å². The van der Waals surface area contributed by atoms with E-state index in [1.54, 1.807) is 11.8 Å². The molecule has 2 saturated heterocycles. The van der Waals surface area contributed by atoms with Crippen LogP contribution in [0.5, 0.6) is 0 Å². The second-order valence-corrected chi connectivity index (χ2v) is 8.76. The van der Waals surface area contributed by atoms with E-state index < -0.39 is 12.2 Å². The van der Waals surface area contributed by atoms with Crippen molar-refractivity contribution in [1.29, 1.82) is 0 Å². The van der Waals surface area contributed by atoms with Crippen LogP contribution < -0.4 is 17.2 Å². The summed E-state index contributed by atoms with van der Waals surface area (Å²) in [5.41, 5.74) is 16.7. The van der Waals surface area contributed by atoms with E-state index in [0.717, 1.165) is 19.3 Å². The number of hydrogen-bond acceptors (Lipinski definition) is 7. The van der Waals surface area contributed by atoms with Crippen LogP contribution in [-0.4, -0.2) is 83.3 Å². The lowest BCUT2D eigenvalue weighted by Crippen LogP contribution is -2.73. The van der Waals surface area contributed by atoms with Crippen LogP contribution in [0.15, 0.2) is 0 Å². The number of carbonyl (C=O) groups is 4. The van der Waals surface area contributed by atoms with Crippen LogP contribution in [0, 0.1) is 5.92 Å². The minimum Gasteiger partial charge on any atom is -0.330 e. The summed E-state index contributed by atoms with van der Waals surface area (Å²) in [5.74, 6) is -1.21. The molecule has 0 bridgehead atoms. The van der Waals surface area contributed by atoms with Crippen molar-refractivity contribution in [2.75, 3.05) is 32.7 Å². The first-order chi connectivity index (χ1) is 15.4. The molecule has 10 nitrogen and oxygen atoms in total. The number of imide groups is 1. The highest BCUT2D eigenvalue weighted by Crippen LogP contribution is 2.31. The highest BCUT2D eigenvalue weighted by Gasteiger charge is 2.50. The molecule has 0 saturated carbocycles. The van der Waals surface area contributed by atoms with Crippen molar-refractivity contribution in [3.05, 3.63) is 0 Å². The molecule has 2 heterocycles. The number of piperazine rings is 1. The number of fused-ring (bicyclic) bond motifs is 1. The molecule has 0 spiro atoms. The summed E-state index contributed by atoms with van der Waals surface area (Å²) in [4.78, 5) is 56.6. The zero-order chi connectivity index (χ0) is 23.7. The Morgan fingerprint density at radius 1 is 0.812 bits per heavy atom. The molecule has 0 unspecified atom stereocenters. The van der Waals surface area contributed by atoms with Gasteiger partial charge in [-0.25, -0.2) is 0 Å². The molecule has 0 aliphatic carbocycles. The third kappa shape index (κ3) is 6.26. The molecule has 2 aliphatic heterocycles. The van der Waals surface area contributed by atoms with E-state index in [0.29, 0.717) is 58.3 Å². The monoisotopic (exact) mass is 452 g/mol. The van der Waals surface area contributed by atoms with E-state index >= 15 is 0 Å². The molecule has 0 radical (unpaired) electrons. The van der Waals surface area contributed by atoms with Gasteiger partial charge in [0, 0.05) is 19.4 Å². The van der Waals surface area contributed by atoms with E-state index in [9.17, 15) is 19.2 Å². The highest BCUT2D eigenvalue weighted by atomic mass is 16.2. The summed E-state index contributed by atoms with van der Waals surface area (Å²) >= 11 is 0. The van der Waals surface area contributed by atoms with Gasteiger partial charge in [-0.05, 0) is 65.1 Å². The Kier molecular flexibility index (Phi) is 10.5. The van der Waals surface area contributed by atoms with Crippen LogP contribution in [0.4, 0.5) is 0 Å². The fourth-order valence-corrected chi connectivity index (χ4v) is 4.54. The van der Waals surface area contributed by atoms with Gasteiger partial charge in [0.1, 0.15) is 12.2 Å². The number of unbranched alkanes of at least 4 members (excludes halogenated alkanes) is 3. The van der Waals surface area contributed by atoms with Gasteiger partial charge in [0.05, 0.1) is 12.5 Å². The normalized spacial score (nSPS) is 23.5. The van der Waals surface area contributed by atoms with Gasteiger partial charge in [-0.2, -0.15) is 0 Å². The van der Waals surface area contributed by atoms with Crippen molar-refractivity contribution >= 4 is 23.6 Å². The minimum absolute atomic E-state index is 0.0223. The fourth-order valence-electron chi connectivity index (χ4n) is 4.54. The first-order valence-electron chi connectivity index (χ1n) is 11.9. The maximum absolute atomic E-state index is 13.3. The van der Waals surface area contributed by atoms with Crippen LogP contribution >= 0.6 is 0 Å². The minimum atomic E-state index is -0.795. The van der Waals surface area contributed by atoms with Crippen molar-refractivity contribution in [3.8, 4) is 0 Å². The quantitative estimate of drug-likeness (QED) is 0.344. The Labute approximate surface area is 190 Å². The number of carbonyl (C=O) groups excluding carboxylic acids is 4. The van der Waals surface area contributed by atoms with Gasteiger partial charge >= 0.3 is 0 Å². The Hall–Kier alpha value is -2.04. The third-order valence-corrected chi connectivity index (χ3v) is 6.41. The molecular formula is C22H40N6O4. The lowest BCUT2D eigenvalue weighted by atomic mass is 9.92. The molecule has 0 aromatic heterocycles. The predicted molar refractivity (Wildman–Crippen MR) is 121 cm³/mol. The van der Waals surface area contributed by atoms with Crippen LogP contribution in [-0.2, 0) is 19.2 Å². The number of nitrogens with zero attached hydrogens (tertiary/aromatic N) is 3. The topological polar surface area (TPSA) is 156 Å². The van der Waals surface area contributed by atoms with Crippen LogP contribution in [0.1, 0.15) is 64.7 Å². The van der Waals surface area contributed by atoms with Crippen LogP contribution in [0.3, 0.4) is 0 Å². The Bertz CT molecular complexity index is 673. The number of rotatable bonds is 12. The predicted octanol–water partition coefficient (Wildman–Crippen LogP) is -0.256. The van der Waals surface area contributed by atoms with E-state index in [1.165, 1.54) is 9.80 Å². The van der Waals surface area contributed by atoms with Crippen molar-refractivity contribution < 1.29 is 19.2 Å². The summed E-state index contributed by atoms with van der Waals surface area (Å²) in [6.45, 7) is 3.52. The van der Waals surface area contributed by atoms with E-state index in [-0.39, 0.29) is 42.5 Å². The lowest BCUT2D eigenvalue weighted by molar-refractivity contribution is -0.181. The molecule has 2 aliphatic rings. The summed E-state index contributed by atoms with van der Waals surface area (Å²) < 4.78 is 0. The van der Waals surface area contributed by atoms with Crippen molar-refractivity contribution in [2.45, 2.75) is 76.9 Å². The van der Waals surface area contributed by atoms with Crippen LogP contribution in [0.25, 0.3) is 0 Å². The van der Waals surface area contributed by atoms with Gasteiger partial charge in [-0.3, -0.25) is 24.1 Å². The Morgan fingerprint density at radius 3 is 1.97 bits per heavy atom. The first kappa shape index (κ1) is 26.2. The van der Waals surface area contributed by atoms with Gasteiger partial charge < -0.3 is 27.0 Å². The average molecular weight is 453 g/mol. The summed E-state index contributed by atoms with van der Waals surface area (Å²) in [6.07, 6.45) is 4.86. The number of nitrogens with two attached hydrogens (primary N) is 3. The maximum Gasteiger partial charge on any atom is 0.251 e. The molecule has 2 fully saturated rings. The smallest absolute Gasteiger partial charge is 0.251 e. The molecule has 0 aromatic rings. The summed E-state index contributed by atoms with van der Waals surface area (Å²) in [6, 6.07) is -0.795. The molecule has 3 atom stereocenters. The SMILES string of the molecule is C[C@@H]1C(=O)N(C(=O)CCCCN)C[C@@H]2N(C(=O)CCCCN)C[C@@H](CCCCN)C(=O)N12. The van der Waals surface area contributed by atoms with E-state index in [1.807, 2.05) is 0 Å². The molecule has 32 heavy (non-hydrogen) atoms. The molecule has 182 valence electrons. The molecule has 6 N–H and O–H groups in total. The van der Waals surface area contributed by atoms with Gasteiger partial charge in [-0.1, -0.05) is 6.42 Å². The third-order valence-electron chi connectivity index (χ3n) is 6.41. The molecule has 10 heteroatoms. The lowest BCUT2D eigenvalue weighted by Gasteiger charge is -2.53. The molecule has 4 amide bonds. The Balaban J connectivity index is 2.24. The van der Waals surface area contributed by atoms with Crippen molar-refractivity contribution in [3.63, 3.8) is 0 Å². The number of amides is 4. The average Bonchev–Trinajstić information content (AvgIpc) is 2.77. The van der Waals surface area contributed by atoms with Gasteiger partial charge in [-0.15, -0.1) is 0 Å². The van der Waals surface area contributed by atoms with Crippen LogP contribution in [0.2, 0.25) is 0 Å². The van der Waals surface area contributed by atoms with Gasteiger partial charge in [0.2, 0.25) is 17.7 Å². The second kappa shape index (κ2) is 12.9. The highest BCUT2D eigenvalue weighted by molar-refractivity contribution is 6.01. The molecular weight excluding hydrogens is 412 g/mol. The second-order valence-electron chi connectivity index (χ2n) is 8.76. The maximum atomic E-state index is 13.3. The summed E-state index contributed by atoms with van der Waals surface area (Å²) in [7, 11) is 0. The van der Waals surface area contributed by atoms with E-state index in [2.05, 4.69) is 0 Å². The van der Waals surface area contributed by atoms with Gasteiger partial charge in [0.25, 0.3) is 5.91 Å². The first-order valence-corrected chi connectivity index (χ1v) is 11.9. The van der Waals surface area contributed by atoms with Gasteiger partial charge in [0.15, 0.2) is 0 Å². The van der Waals surface area contributed by atoms with Crippen molar-refractivity contribution in [1.82, 2.24) is 14.7 Å². The fraction of sp³-hybridized carbons (Fsp3) is 0.818. The zero-order valence-electron chi connectivity index (χ0n) is 19.3. The zero-order valence-corrected chi connectivity index (χ0v) is 19.3. The molecule has 2 rings (SSSR count). The van der Waals surface area contributed by atoms with Crippen molar-refractivity contribution in [2.24, 2.45) is 23.1 Å². The Morgan fingerprint density at radius 2 is 1.38 bits per heavy atom. The standard InChI is InChI=1S/C22H40N6O4/c1-16-21(31)27(20(30)10-4-7-13-25)15-18-26(19(29)9-3-6-12-24)14-17(8-2-5-11-23)22(32)28(16)18/h16-18H,2-15,23-25H2,1H3/t16-,17-,18-/m1/s1. The largest absolute Gasteiger partial charge is 0.330 e. The molecule has 0 aromatic carbocycles. The number of hydrogen-bond donors (Lipinski definition) is 3.